The molecule has 2 amide bonds. The van der Waals surface area contributed by atoms with Crippen molar-refractivity contribution in [2.75, 3.05) is 13.1 Å². The van der Waals surface area contributed by atoms with Gasteiger partial charge in [0.2, 0.25) is 5.91 Å². The number of fused-ring (bicyclic) bond motifs is 3. The number of benzene rings is 1. The van der Waals surface area contributed by atoms with Crippen LogP contribution >= 0.6 is 0 Å². The highest BCUT2D eigenvalue weighted by Gasteiger charge is 2.31. The first-order valence-corrected chi connectivity index (χ1v) is 9.08. The van der Waals surface area contributed by atoms with E-state index in [0.717, 1.165) is 48.7 Å². The number of aryl methyl sites for hydroxylation is 2. The largest absolute Gasteiger partial charge is 0.366 e. The summed E-state index contributed by atoms with van der Waals surface area (Å²) < 4.78 is 15.1. The summed E-state index contributed by atoms with van der Waals surface area (Å²) in [5.74, 6) is -1.26. The number of aromatic amines is 1. The summed E-state index contributed by atoms with van der Waals surface area (Å²) in [4.78, 5) is 28.9. The number of piperidine rings is 1. The number of nitrogens with zero attached hydrogens (tertiary/aromatic N) is 1. The minimum absolute atomic E-state index is 0.0995. The van der Waals surface area contributed by atoms with Crippen molar-refractivity contribution < 1.29 is 14.0 Å². The molecule has 1 unspecified atom stereocenters. The van der Waals surface area contributed by atoms with Gasteiger partial charge in [0.25, 0.3) is 5.91 Å². The lowest BCUT2D eigenvalue weighted by molar-refractivity contribution is -0.127. The van der Waals surface area contributed by atoms with Crippen LogP contribution < -0.4 is 5.73 Å². The predicted molar refractivity (Wildman–Crippen MR) is 97.6 cm³/mol. The molecular formula is C20H22FN3O2. The van der Waals surface area contributed by atoms with Gasteiger partial charge in [0.15, 0.2) is 0 Å². The highest BCUT2D eigenvalue weighted by molar-refractivity contribution is 6.07. The smallest absolute Gasteiger partial charge is 0.250 e. The Labute approximate surface area is 151 Å². The Morgan fingerprint density at radius 1 is 1.35 bits per heavy atom. The number of rotatable bonds is 3. The minimum atomic E-state index is -0.632. The van der Waals surface area contributed by atoms with Gasteiger partial charge in [0, 0.05) is 35.7 Å². The molecule has 0 radical (unpaired) electrons. The van der Waals surface area contributed by atoms with E-state index in [1.165, 1.54) is 12.1 Å². The second-order valence-corrected chi connectivity index (χ2v) is 7.20. The molecular weight excluding hydrogens is 333 g/mol. The molecule has 4 rings (SSSR count). The molecule has 1 aliphatic heterocycles. The number of primary amides is 1. The summed E-state index contributed by atoms with van der Waals surface area (Å²) in [6, 6.07) is 1.25. The fourth-order valence-corrected chi connectivity index (χ4v) is 4.55. The molecule has 3 N–H and O–H groups in total. The third kappa shape index (κ3) is 2.52. The molecule has 1 aromatic carbocycles. The van der Waals surface area contributed by atoms with E-state index in [1.807, 2.05) is 0 Å². The number of nitrogens with one attached hydrogen (secondary N) is 1. The maximum Gasteiger partial charge on any atom is 0.250 e. The highest BCUT2D eigenvalue weighted by atomic mass is 19.1. The van der Waals surface area contributed by atoms with Crippen LogP contribution in [-0.2, 0) is 17.6 Å². The summed E-state index contributed by atoms with van der Waals surface area (Å²) in [6.45, 7) is 4.68. The molecule has 2 aromatic rings. The minimum Gasteiger partial charge on any atom is -0.366 e. The lowest BCUT2D eigenvalue weighted by Crippen LogP contribution is -2.38. The fourth-order valence-electron chi connectivity index (χ4n) is 4.55. The summed E-state index contributed by atoms with van der Waals surface area (Å²) in [7, 11) is 0. The second-order valence-electron chi connectivity index (χ2n) is 7.20. The van der Waals surface area contributed by atoms with E-state index in [2.05, 4.69) is 11.6 Å². The van der Waals surface area contributed by atoms with Gasteiger partial charge >= 0.3 is 0 Å². The first-order valence-electron chi connectivity index (χ1n) is 9.08. The summed E-state index contributed by atoms with van der Waals surface area (Å²) in [5, 5.41) is 0.809. The summed E-state index contributed by atoms with van der Waals surface area (Å²) in [5.41, 5.74) is 9.12. The van der Waals surface area contributed by atoms with E-state index in [-0.39, 0.29) is 17.4 Å². The van der Waals surface area contributed by atoms with Crippen LogP contribution in [0.4, 0.5) is 4.39 Å². The number of nitrogens with two attached hydrogens (primary N) is 1. The lowest BCUT2D eigenvalue weighted by atomic mass is 9.85. The third-order valence-corrected chi connectivity index (χ3v) is 5.69. The van der Waals surface area contributed by atoms with Crippen molar-refractivity contribution in [3.63, 3.8) is 0 Å². The summed E-state index contributed by atoms with van der Waals surface area (Å²) >= 11 is 0. The van der Waals surface area contributed by atoms with Crippen LogP contribution in [0.3, 0.4) is 0 Å². The van der Waals surface area contributed by atoms with Crippen molar-refractivity contribution in [3.8, 4) is 0 Å². The molecule has 2 heterocycles. The quantitative estimate of drug-likeness (QED) is 0.831. The van der Waals surface area contributed by atoms with Crippen LogP contribution in [0.25, 0.3) is 10.9 Å². The SMILES string of the molecule is C=CC(=O)N1CCCC(c2c(F)cc(C(N)=O)c3[nH]c4c(c23)CCC4)C1. The molecule has 0 spiro atoms. The number of carbonyl (C=O) groups is 2. The first kappa shape index (κ1) is 16.8. The monoisotopic (exact) mass is 355 g/mol. The average molecular weight is 355 g/mol. The van der Waals surface area contributed by atoms with E-state index in [9.17, 15) is 9.59 Å². The van der Waals surface area contributed by atoms with Crippen LogP contribution in [-0.4, -0.2) is 34.8 Å². The van der Waals surface area contributed by atoms with Crippen LogP contribution in [0, 0.1) is 5.82 Å². The Kier molecular flexibility index (Phi) is 4.05. The Morgan fingerprint density at radius 3 is 2.88 bits per heavy atom. The lowest BCUT2D eigenvalue weighted by Gasteiger charge is -2.33. The number of H-pyrrole nitrogens is 1. The van der Waals surface area contributed by atoms with Gasteiger partial charge in [0.1, 0.15) is 5.82 Å². The molecule has 1 saturated heterocycles. The van der Waals surface area contributed by atoms with Crippen LogP contribution in [0.5, 0.6) is 0 Å². The average Bonchev–Trinajstić information content (AvgIpc) is 3.22. The molecule has 0 saturated carbocycles. The van der Waals surface area contributed by atoms with Crippen molar-refractivity contribution in [2.45, 2.75) is 38.0 Å². The van der Waals surface area contributed by atoms with Gasteiger partial charge in [-0.15, -0.1) is 0 Å². The molecule has 6 heteroatoms. The van der Waals surface area contributed by atoms with E-state index in [4.69, 9.17) is 5.73 Å². The highest BCUT2D eigenvalue weighted by Crippen LogP contribution is 2.40. The van der Waals surface area contributed by atoms with Gasteiger partial charge in [-0.3, -0.25) is 9.59 Å². The number of aromatic nitrogens is 1. The van der Waals surface area contributed by atoms with Gasteiger partial charge in [-0.25, -0.2) is 4.39 Å². The molecule has 1 atom stereocenters. The van der Waals surface area contributed by atoms with Crippen LogP contribution in [0.1, 0.15) is 52.4 Å². The fraction of sp³-hybridized carbons (Fsp3) is 0.400. The zero-order valence-electron chi connectivity index (χ0n) is 14.6. The number of carbonyl (C=O) groups excluding carboxylic acids is 2. The summed E-state index contributed by atoms with van der Waals surface area (Å²) in [6.07, 6.45) is 5.71. The standard InChI is InChI=1S/C20H22FN3O2/c1-2-16(25)24-8-4-5-11(10-24)17-14(21)9-13(20(22)26)19-18(17)12-6-3-7-15(12)23-19/h2,9,11,23H,1,3-8,10H2,(H2,22,26). The normalized spacial score (nSPS) is 19.6. The topological polar surface area (TPSA) is 79.2 Å². The zero-order valence-corrected chi connectivity index (χ0v) is 14.6. The molecule has 0 bridgehead atoms. The van der Waals surface area contributed by atoms with Crippen LogP contribution in [0.2, 0.25) is 0 Å². The second kappa shape index (κ2) is 6.27. The zero-order chi connectivity index (χ0) is 18.4. The van der Waals surface area contributed by atoms with Crippen molar-refractivity contribution in [1.82, 2.24) is 9.88 Å². The number of amides is 2. The predicted octanol–water partition coefficient (Wildman–Crippen LogP) is 2.79. The Morgan fingerprint density at radius 2 is 2.15 bits per heavy atom. The molecule has 1 aliphatic carbocycles. The van der Waals surface area contributed by atoms with Crippen molar-refractivity contribution >= 4 is 22.7 Å². The Hall–Kier alpha value is -2.63. The number of likely N-dealkylation sites (tertiary alicyclic amines) is 1. The molecule has 1 fully saturated rings. The number of hydrogen-bond acceptors (Lipinski definition) is 2. The molecule has 136 valence electrons. The van der Waals surface area contributed by atoms with Crippen molar-refractivity contribution in [1.29, 1.82) is 0 Å². The first-order chi connectivity index (χ1) is 12.5. The van der Waals surface area contributed by atoms with E-state index >= 15 is 4.39 Å². The van der Waals surface area contributed by atoms with Crippen molar-refractivity contribution in [3.05, 3.63) is 46.9 Å². The Bertz CT molecular complexity index is 931. The van der Waals surface area contributed by atoms with E-state index in [1.54, 1.807) is 4.90 Å². The van der Waals surface area contributed by atoms with Gasteiger partial charge in [-0.2, -0.15) is 0 Å². The van der Waals surface area contributed by atoms with Gasteiger partial charge in [-0.1, -0.05) is 6.58 Å². The number of halogens is 1. The van der Waals surface area contributed by atoms with Gasteiger partial charge in [-0.05, 0) is 49.8 Å². The molecule has 5 nitrogen and oxygen atoms in total. The van der Waals surface area contributed by atoms with Gasteiger partial charge < -0.3 is 15.6 Å². The maximum atomic E-state index is 15.1. The third-order valence-electron chi connectivity index (χ3n) is 5.69. The van der Waals surface area contributed by atoms with E-state index < -0.39 is 11.7 Å². The van der Waals surface area contributed by atoms with Crippen molar-refractivity contribution in [2.24, 2.45) is 5.73 Å². The molecule has 1 aromatic heterocycles. The van der Waals surface area contributed by atoms with Gasteiger partial charge in [0.05, 0.1) is 11.1 Å². The maximum absolute atomic E-state index is 15.1. The Balaban J connectivity index is 1.88. The molecule has 2 aliphatic rings. The number of hydrogen-bond donors (Lipinski definition) is 2. The van der Waals surface area contributed by atoms with E-state index in [0.29, 0.717) is 24.2 Å². The molecule has 26 heavy (non-hydrogen) atoms. The van der Waals surface area contributed by atoms with Crippen LogP contribution in [0.15, 0.2) is 18.7 Å².